The Balaban J connectivity index is 2.05. The van der Waals surface area contributed by atoms with Crippen molar-refractivity contribution in [2.24, 2.45) is 11.1 Å². The molecule has 1 fully saturated rings. The summed E-state index contributed by atoms with van der Waals surface area (Å²) in [6, 6.07) is 8.67. The third-order valence-corrected chi connectivity index (χ3v) is 5.02. The van der Waals surface area contributed by atoms with E-state index in [4.69, 9.17) is 10.5 Å². The second kappa shape index (κ2) is 6.59. The Morgan fingerprint density at radius 1 is 1.25 bits per heavy atom. The van der Waals surface area contributed by atoms with Crippen LogP contribution in [0.3, 0.4) is 0 Å². The van der Waals surface area contributed by atoms with Gasteiger partial charge in [-0.05, 0) is 49.0 Å². The lowest BCUT2D eigenvalue weighted by atomic mass is 9.78. The highest BCUT2D eigenvalue weighted by Gasteiger charge is 2.31. The fraction of sp³-hybridized carbons (Fsp3) is 0.647. The topological polar surface area (TPSA) is 38.5 Å². The van der Waals surface area contributed by atoms with Crippen LogP contribution < -0.4 is 10.5 Å². The van der Waals surface area contributed by atoms with Gasteiger partial charge in [0.1, 0.15) is 5.75 Å². The Hall–Kier alpha value is -1.06. The average Bonchev–Trinajstić information content (AvgIpc) is 2.51. The predicted octanol–water partition coefficient (Wildman–Crippen LogP) is 3.21. The van der Waals surface area contributed by atoms with Gasteiger partial charge in [0.15, 0.2) is 0 Å². The molecule has 0 spiro atoms. The van der Waals surface area contributed by atoms with Gasteiger partial charge in [0.25, 0.3) is 0 Å². The van der Waals surface area contributed by atoms with Gasteiger partial charge in [-0.3, -0.25) is 4.90 Å². The van der Waals surface area contributed by atoms with Crippen molar-refractivity contribution in [2.75, 3.05) is 26.7 Å². The summed E-state index contributed by atoms with van der Waals surface area (Å²) in [5.41, 5.74) is 7.86. The third-order valence-electron chi connectivity index (χ3n) is 5.02. The third kappa shape index (κ3) is 3.33. The van der Waals surface area contributed by atoms with Gasteiger partial charge in [0.05, 0.1) is 7.11 Å². The molecular weight excluding hydrogens is 248 g/mol. The highest BCUT2D eigenvalue weighted by Crippen LogP contribution is 2.36. The van der Waals surface area contributed by atoms with Crippen molar-refractivity contribution in [3.63, 3.8) is 0 Å². The van der Waals surface area contributed by atoms with Crippen LogP contribution in [0.4, 0.5) is 0 Å². The number of hydrogen-bond acceptors (Lipinski definition) is 3. The molecule has 112 valence electrons. The number of ether oxygens (including phenoxy) is 1. The van der Waals surface area contributed by atoms with Crippen LogP contribution in [-0.4, -0.2) is 31.6 Å². The molecule has 2 rings (SSSR count). The van der Waals surface area contributed by atoms with Crippen LogP contribution in [0.15, 0.2) is 24.3 Å². The SMILES string of the molecule is CCC1(C)CCN(C(CN)c2ccc(OC)cc2)CC1. The van der Waals surface area contributed by atoms with Gasteiger partial charge in [-0.1, -0.05) is 32.4 Å². The van der Waals surface area contributed by atoms with Crippen molar-refractivity contribution in [1.82, 2.24) is 4.90 Å². The fourth-order valence-corrected chi connectivity index (χ4v) is 3.05. The number of methoxy groups -OCH3 is 1. The molecule has 1 aliphatic heterocycles. The van der Waals surface area contributed by atoms with E-state index in [1.165, 1.54) is 24.8 Å². The van der Waals surface area contributed by atoms with Gasteiger partial charge >= 0.3 is 0 Å². The van der Waals surface area contributed by atoms with Gasteiger partial charge in [0, 0.05) is 12.6 Å². The summed E-state index contributed by atoms with van der Waals surface area (Å²) in [6.07, 6.45) is 3.82. The number of hydrogen-bond donors (Lipinski definition) is 1. The van der Waals surface area contributed by atoms with E-state index < -0.39 is 0 Å². The van der Waals surface area contributed by atoms with Crippen molar-refractivity contribution in [3.05, 3.63) is 29.8 Å². The van der Waals surface area contributed by atoms with E-state index in [0.29, 0.717) is 18.0 Å². The molecule has 0 aliphatic carbocycles. The number of likely N-dealkylation sites (tertiary alicyclic amines) is 1. The normalized spacial score (nSPS) is 20.6. The zero-order valence-electron chi connectivity index (χ0n) is 13.1. The molecule has 0 amide bonds. The molecule has 1 aliphatic rings. The molecule has 1 heterocycles. The van der Waals surface area contributed by atoms with Gasteiger partial charge in [0.2, 0.25) is 0 Å². The number of rotatable bonds is 5. The smallest absolute Gasteiger partial charge is 0.118 e. The maximum Gasteiger partial charge on any atom is 0.118 e. The van der Waals surface area contributed by atoms with Crippen LogP contribution in [0.25, 0.3) is 0 Å². The predicted molar refractivity (Wildman–Crippen MR) is 84.0 cm³/mol. The van der Waals surface area contributed by atoms with Crippen LogP contribution in [0, 0.1) is 5.41 Å². The highest BCUT2D eigenvalue weighted by molar-refractivity contribution is 5.29. The summed E-state index contributed by atoms with van der Waals surface area (Å²) in [6.45, 7) is 7.69. The molecule has 0 saturated carbocycles. The summed E-state index contributed by atoms with van der Waals surface area (Å²) < 4.78 is 5.23. The van der Waals surface area contributed by atoms with E-state index in [2.05, 4.69) is 30.9 Å². The first kappa shape index (κ1) is 15.3. The molecule has 3 heteroatoms. The minimum absolute atomic E-state index is 0.335. The molecule has 0 radical (unpaired) electrons. The monoisotopic (exact) mass is 276 g/mol. The van der Waals surface area contributed by atoms with Crippen LogP contribution >= 0.6 is 0 Å². The molecule has 20 heavy (non-hydrogen) atoms. The van der Waals surface area contributed by atoms with Gasteiger partial charge < -0.3 is 10.5 Å². The van der Waals surface area contributed by atoms with Crippen LogP contribution in [0.5, 0.6) is 5.75 Å². The van der Waals surface area contributed by atoms with Crippen LogP contribution in [0.1, 0.15) is 44.7 Å². The molecule has 1 aromatic rings. The zero-order chi connectivity index (χ0) is 14.6. The fourth-order valence-electron chi connectivity index (χ4n) is 3.05. The first-order chi connectivity index (χ1) is 9.61. The maximum atomic E-state index is 6.03. The summed E-state index contributed by atoms with van der Waals surface area (Å²) in [5.74, 6) is 0.904. The van der Waals surface area contributed by atoms with E-state index >= 15 is 0 Å². The molecule has 0 aromatic heterocycles. The van der Waals surface area contributed by atoms with Crippen molar-refractivity contribution in [3.8, 4) is 5.75 Å². The van der Waals surface area contributed by atoms with Crippen molar-refractivity contribution in [2.45, 2.75) is 39.2 Å². The number of piperidine rings is 1. The summed E-state index contributed by atoms with van der Waals surface area (Å²) in [5, 5.41) is 0. The molecule has 1 saturated heterocycles. The Labute approximate surface area is 123 Å². The lowest BCUT2D eigenvalue weighted by Gasteiger charge is -2.42. The average molecular weight is 276 g/mol. The second-order valence-electron chi connectivity index (χ2n) is 6.22. The Morgan fingerprint density at radius 3 is 2.30 bits per heavy atom. The first-order valence-corrected chi connectivity index (χ1v) is 7.70. The second-order valence-corrected chi connectivity index (χ2v) is 6.22. The van der Waals surface area contributed by atoms with E-state index in [1.54, 1.807) is 7.11 Å². The first-order valence-electron chi connectivity index (χ1n) is 7.70. The van der Waals surface area contributed by atoms with E-state index in [9.17, 15) is 0 Å². The summed E-state index contributed by atoms with van der Waals surface area (Å²) >= 11 is 0. The van der Waals surface area contributed by atoms with E-state index in [1.807, 2.05) is 12.1 Å². The highest BCUT2D eigenvalue weighted by atomic mass is 16.5. The van der Waals surface area contributed by atoms with Crippen molar-refractivity contribution in [1.29, 1.82) is 0 Å². The van der Waals surface area contributed by atoms with Crippen molar-refractivity contribution >= 4 is 0 Å². The molecule has 1 atom stereocenters. The molecule has 1 aromatic carbocycles. The number of benzene rings is 1. The number of nitrogens with two attached hydrogens (primary N) is 1. The molecular formula is C17H28N2O. The maximum absolute atomic E-state index is 6.03. The van der Waals surface area contributed by atoms with Crippen molar-refractivity contribution < 1.29 is 4.74 Å². The van der Waals surface area contributed by atoms with Crippen LogP contribution in [-0.2, 0) is 0 Å². The van der Waals surface area contributed by atoms with E-state index in [-0.39, 0.29) is 0 Å². The van der Waals surface area contributed by atoms with Gasteiger partial charge in [-0.2, -0.15) is 0 Å². The van der Waals surface area contributed by atoms with Gasteiger partial charge in [-0.25, -0.2) is 0 Å². The molecule has 1 unspecified atom stereocenters. The standard InChI is InChI=1S/C17H28N2O/c1-4-17(2)9-11-19(12-10-17)16(13-18)14-5-7-15(20-3)8-6-14/h5-8,16H,4,9-13,18H2,1-3H3. The minimum Gasteiger partial charge on any atom is -0.497 e. The van der Waals surface area contributed by atoms with Gasteiger partial charge in [-0.15, -0.1) is 0 Å². The number of nitrogens with zero attached hydrogens (tertiary/aromatic N) is 1. The quantitative estimate of drug-likeness (QED) is 0.897. The lowest BCUT2D eigenvalue weighted by Crippen LogP contribution is -2.42. The molecule has 0 bridgehead atoms. The lowest BCUT2D eigenvalue weighted by molar-refractivity contribution is 0.0829. The van der Waals surface area contributed by atoms with Crippen LogP contribution in [0.2, 0.25) is 0 Å². The Bertz CT molecular complexity index is 408. The summed E-state index contributed by atoms with van der Waals surface area (Å²) in [7, 11) is 1.70. The summed E-state index contributed by atoms with van der Waals surface area (Å²) in [4.78, 5) is 2.54. The Morgan fingerprint density at radius 2 is 1.85 bits per heavy atom. The molecule has 2 N–H and O–H groups in total. The van der Waals surface area contributed by atoms with E-state index in [0.717, 1.165) is 18.8 Å². The Kier molecular flexibility index (Phi) is 5.06. The zero-order valence-corrected chi connectivity index (χ0v) is 13.1. The molecule has 3 nitrogen and oxygen atoms in total. The minimum atomic E-state index is 0.335. The largest absolute Gasteiger partial charge is 0.497 e.